The molecule has 2 aliphatic heterocycles. The maximum atomic E-state index is 11.9. The SMILES string of the molecule is CC1CCN(C(=O)NCCCCCCN2C(=O)CC(C)C2=O)C1. The fourth-order valence-electron chi connectivity index (χ4n) is 3.26. The minimum atomic E-state index is -0.147. The summed E-state index contributed by atoms with van der Waals surface area (Å²) < 4.78 is 0. The van der Waals surface area contributed by atoms with Crippen molar-refractivity contribution in [1.29, 1.82) is 0 Å². The summed E-state index contributed by atoms with van der Waals surface area (Å²) >= 11 is 0. The maximum absolute atomic E-state index is 11.9. The zero-order chi connectivity index (χ0) is 16.8. The summed E-state index contributed by atoms with van der Waals surface area (Å²) in [5, 5.41) is 2.97. The molecular weight excluding hydrogens is 294 g/mol. The molecule has 130 valence electrons. The molecule has 0 aromatic rings. The van der Waals surface area contributed by atoms with Gasteiger partial charge in [0, 0.05) is 38.5 Å². The number of likely N-dealkylation sites (tertiary alicyclic amines) is 2. The Labute approximate surface area is 138 Å². The second-order valence-electron chi connectivity index (χ2n) is 6.97. The van der Waals surface area contributed by atoms with Crippen LogP contribution in [-0.4, -0.2) is 53.8 Å². The Balaban J connectivity index is 1.49. The number of rotatable bonds is 7. The van der Waals surface area contributed by atoms with Crippen LogP contribution in [0.1, 0.15) is 52.4 Å². The van der Waals surface area contributed by atoms with Gasteiger partial charge in [0.2, 0.25) is 11.8 Å². The van der Waals surface area contributed by atoms with Crippen LogP contribution in [0.25, 0.3) is 0 Å². The average molecular weight is 323 g/mol. The predicted molar refractivity (Wildman–Crippen MR) is 87.7 cm³/mol. The monoisotopic (exact) mass is 323 g/mol. The van der Waals surface area contributed by atoms with Crippen LogP contribution in [0.15, 0.2) is 0 Å². The van der Waals surface area contributed by atoms with Crippen LogP contribution in [0.5, 0.6) is 0 Å². The third-order valence-corrected chi connectivity index (χ3v) is 4.77. The van der Waals surface area contributed by atoms with Gasteiger partial charge in [0.15, 0.2) is 0 Å². The molecule has 0 saturated carbocycles. The number of amides is 4. The van der Waals surface area contributed by atoms with Gasteiger partial charge in [0.05, 0.1) is 0 Å². The van der Waals surface area contributed by atoms with Crippen molar-refractivity contribution in [2.45, 2.75) is 52.4 Å². The molecule has 2 saturated heterocycles. The van der Waals surface area contributed by atoms with Crippen molar-refractivity contribution in [3.05, 3.63) is 0 Å². The van der Waals surface area contributed by atoms with E-state index in [2.05, 4.69) is 12.2 Å². The lowest BCUT2D eigenvalue weighted by Crippen LogP contribution is -2.38. The van der Waals surface area contributed by atoms with E-state index in [1.807, 2.05) is 11.8 Å². The van der Waals surface area contributed by atoms with Crippen LogP contribution in [0, 0.1) is 11.8 Å². The lowest BCUT2D eigenvalue weighted by atomic mass is 10.1. The Hall–Kier alpha value is -1.59. The minimum Gasteiger partial charge on any atom is -0.338 e. The number of urea groups is 1. The van der Waals surface area contributed by atoms with E-state index in [-0.39, 0.29) is 23.8 Å². The Morgan fingerprint density at radius 3 is 2.52 bits per heavy atom. The summed E-state index contributed by atoms with van der Waals surface area (Å²) in [4.78, 5) is 38.6. The number of nitrogens with zero attached hydrogens (tertiary/aromatic N) is 2. The molecule has 23 heavy (non-hydrogen) atoms. The fraction of sp³-hybridized carbons (Fsp3) is 0.824. The lowest BCUT2D eigenvalue weighted by Gasteiger charge is -2.17. The molecule has 2 rings (SSSR count). The van der Waals surface area contributed by atoms with E-state index in [9.17, 15) is 14.4 Å². The maximum Gasteiger partial charge on any atom is 0.317 e. The molecule has 2 aliphatic rings. The third-order valence-electron chi connectivity index (χ3n) is 4.77. The predicted octanol–water partition coefficient (Wildman–Crippen LogP) is 1.99. The molecule has 6 heteroatoms. The number of carbonyl (C=O) groups excluding carboxylic acids is 3. The van der Waals surface area contributed by atoms with Crippen molar-refractivity contribution in [3.8, 4) is 0 Å². The number of hydrogen-bond acceptors (Lipinski definition) is 3. The first-order valence-electron chi connectivity index (χ1n) is 8.86. The summed E-state index contributed by atoms with van der Waals surface area (Å²) in [5.74, 6) is 0.405. The third kappa shape index (κ3) is 4.94. The first-order valence-corrected chi connectivity index (χ1v) is 8.86. The summed E-state index contributed by atoms with van der Waals surface area (Å²) in [7, 11) is 0. The van der Waals surface area contributed by atoms with Crippen molar-refractivity contribution in [2.24, 2.45) is 11.8 Å². The minimum absolute atomic E-state index is 0.0258. The molecule has 2 fully saturated rings. The van der Waals surface area contributed by atoms with Gasteiger partial charge >= 0.3 is 6.03 Å². The second kappa shape index (κ2) is 8.31. The van der Waals surface area contributed by atoms with Gasteiger partial charge in [-0.05, 0) is 25.2 Å². The van der Waals surface area contributed by atoms with Crippen LogP contribution in [0.2, 0.25) is 0 Å². The number of unbranched alkanes of at least 4 members (excludes halogenated alkanes) is 3. The van der Waals surface area contributed by atoms with E-state index in [0.29, 0.717) is 25.4 Å². The van der Waals surface area contributed by atoms with Gasteiger partial charge in [-0.15, -0.1) is 0 Å². The molecule has 0 spiro atoms. The first-order chi connectivity index (χ1) is 11.0. The van der Waals surface area contributed by atoms with Gasteiger partial charge in [-0.3, -0.25) is 14.5 Å². The highest BCUT2D eigenvalue weighted by Crippen LogP contribution is 2.19. The molecule has 0 aliphatic carbocycles. The van der Waals surface area contributed by atoms with E-state index in [1.54, 1.807) is 0 Å². The van der Waals surface area contributed by atoms with Gasteiger partial charge in [0.25, 0.3) is 0 Å². The van der Waals surface area contributed by atoms with E-state index < -0.39 is 0 Å². The molecule has 2 unspecified atom stereocenters. The van der Waals surface area contributed by atoms with Crippen LogP contribution >= 0.6 is 0 Å². The smallest absolute Gasteiger partial charge is 0.317 e. The van der Waals surface area contributed by atoms with E-state index >= 15 is 0 Å². The largest absolute Gasteiger partial charge is 0.338 e. The standard InChI is InChI=1S/C17H29N3O3/c1-13-7-10-19(12-13)17(23)18-8-5-3-4-6-9-20-15(21)11-14(2)16(20)22/h13-14H,3-12H2,1-2H3,(H,18,23). The molecular formula is C17H29N3O3. The quantitative estimate of drug-likeness (QED) is 0.575. The summed E-state index contributed by atoms with van der Waals surface area (Å²) in [6.07, 6.45) is 5.22. The average Bonchev–Trinajstić information content (AvgIpc) is 3.04. The van der Waals surface area contributed by atoms with Crippen molar-refractivity contribution in [1.82, 2.24) is 15.1 Å². The van der Waals surface area contributed by atoms with Gasteiger partial charge in [-0.25, -0.2) is 4.79 Å². The van der Waals surface area contributed by atoms with Crippen molar-refractivity contribution < 1.29 is 14.4 Å². The first kappa shape index (κ1) is 17.8. The highest BCUT2D eigenvalue weighted by atomic mass is 16.2. The van der Waals surface area contributed by atoms with E-state index in [4.69, 9.17) is 0 Å². The summed E-state index contributed by atoms with van der Waals surface area (Å²) in [5.41, 5.74) is 0. The molecule has 0 aromatic heterocycles. The number of imide groups is 1. The van der Waals surface area contributed by atoms with Crippen LogP contribution in [-0.2, 0) is 9.59 Å². The van der Waals surface area contributed by atoms with Gasteiger partial charge in [-0.1, -0.05) is 26.7 Å². The molecule has 2 heterocycles. The summed E-state index contributed by atoms with van der Waals surface area (Å²) in [6, 6.07) is 0.0524. The van der Waals surface area contributed by atoms with Crippen LogP contribution in [0.4, 0.5) is 4.79 Å². The Bertz CT molecular complexity index is 452. The molecule has 0 radical (unpaired) electrons. The molecule has 1 N–H and O–H groups in total. The fourth-order valence-corrected chi connectivity index (χ4v) is 3.26. The highest BCUT2D eigenvalue weighted by Gasteiger charge is 2.34. The number of carbonyl (C=O) groups is 3. The lowest BCUT2D eigenvalue weighted by molar-refractivity contribution is -0.139. The van der Waals surface area contributed by atoms with Crippen LogP contribution in [0.3, 0.4) is 0 Å². The number of nitrogens with one attached hydrogen (secondary N) is 1. The van der Waals surface area contributed by atoms with Crippen molar-refractivity contribution >= 4 is 17.8 Å². The van der Waals surface area contributed by atoms with Crippen LogP contribution < -0.4 is 5.32 Å². The number of hydrogen-bond donors (Lipinski definition) is 1. The van der Waals surface area contributed by atoms with Gasteiger partial charge in [-0.2, -0.15) is 0 Å². The Kier molecular flexibility index (Phi) is 6.42. The van der Waals surface area contributed by atoms with E-state index in [1.165, 1.54) is 4.90 Å². The molecule has 6 nitrogen and oxygen atoms in total. The topological polar surface area (TPSA) is 69.7 Å². The molecule has 0 bridgehead atoms. The van der Waals surface area contributed by atoms with Crippen molar-refractivity contribution in [3.63, 3.8) is 0 Å². The normalized spacial score (nSPS) is 24.6. The van der Waals surface area contributed by atoms with Gasteiger partial charge < -0.3 is 10.2 Å². The molecule has 4 amide bonds. The molecule has 0 aromatic carbocycles. The highest BCUT2D eigenvalue weighted by molar-refractivity contribution is 6.03. The second-order valence-corrected chi connectivity index (χ2v) is 6.97. The Morgan fingerprint density at radius 2 is 1.91 bits per heavy atom. The van der Waals surface area contributed by atoms with Crippen molar-refractivity contribution in [2.75, 3.05) is 26.2 Å². The Morgan fingerprint density at radius 1 is 1.17 bits per heavy atom. The summed E-state index contributed by atoms with van der Waals surface area (Å²) in [6.45, 7) is 6.95. The van der Waals surface area contributed by atoms with E-state index in [0.717, 1.165) is 45.2 Å². The molecule has 2 atom stereocenters. The zero-order valence-electron chi connectivity index (χ0n) is 14.3. The zero-order valence-corrected chi connectivity index (χ0v) is 14.3. The van der Waals surface area contributed by atoms with Gasteiger partial charge in [0.1, 0.15) is 0 Å².